The van der Waals surface area contributed by atoms with E-state index in [1.807, 2.05) is 36.7 Å². The van der Waals surface area contributed by atoms with E-state index in [2.05, 4.69) is 20.1 Å². The number of nitrogens with one attached hydrogen (secondary N) is 1. The molecule has 3 aromatic rings. The fourth-order valence-electron chi connectivity index (χ4n) is 3.48. The van der Waals surface area contributed by atoms with E-state index in [9.17, 15) is 9.59 Å². The molecule has 1 amide bonds. The molecule has 1 saturated heterocycles. The fraction of sp³-hybridized carbons (Fsp3) is 0.350. The summed E-state index contributed by atoms with van der Waals surface area (Å²) in [7, 11) is 0. The Bertz CT molecular complexity index is 990. The molecule has 1 atom stereocenters. The lowest BCUT2D eigenvalue weighted by Crippen LogP contribution is -2.52. The molecule has 0 spiro atoms. The zero-order chi connectivity index (χ0) is 19.7. The standard InChI is InChI=1S/C20H22N4O3S/c1-13(23-8-10-24(11-9-23)20-21-7-12-28-20)19(26)22-17-15-5-3-4-6-16(15)27-18(17)14(2)25/h3-7,12-13H,8-11H2,1-2H3,(H,22,26). The Balaban J connectivity index is 1.46. The molecule has 1 aliphatic heterocycles. The van der Waals surface area contributed by atoms with Gasteiger partial charge in [-0.2, -0.15) is 0 Å². The van der Waals surface area contributed by atoms with Crippen LogP contribution in [0.25, 0.3) is 11.0 Å². The van der Waals surface area contributed by atoms with Crippen molar-refractivity contribution >= 4 is 44.8 Å². The van der Waals surface area contributed by atoms with Crippen molar-refractivity contribution in [1.29, 1.82) is 0 Å². The molecule has 0 saturated carbocycles. The Hall–Kier alpha value is -2.71. The molecule has 2 aromatic heterocycles. The number of carbonyl (C=O) groups is 2. The smallest absolute Gasteiger partial charge is 0.241 e. The first-order valence-corrected chi connectivity index (χ1v) is 10.1. The van der Waals surface area contributed by atoms with Crippen LogP contribution >= 0.6 is 11.3 Å². The molecule has 1 N–H and O–H groups in total. The van der Waals surface area contributed by atoms with Crippen molar-refractivity contribution in [3.8, 4) is 0 Å². The second kappa shape index (κ2) is 7.73. The highest BCUT2D eigenvalue weighted by Gasteiger charge is 2.28. The lowest BCUT2D eigenvalue weighted by atomic mass is 10.1. The van der Waals surface area contributed by atoms with Gasteiger partial charge in [0.25, 0.3) is 0 Å². The number of nitrogens with zero attached hydrogens (tertiary/aromatic N) is 3. The minimum atomic E-state index is -0.313. The average molecular weight is 398 g/mol. The number of benzene rings is 1. The van der Waals surface area contributed by atoms with Gasteiger partial charge in [-0.05, 0) is 19.1 Å². The van der Waals surface area contributed by atoms with E-state index in [1.54, 1.807) is 17.4 Å². The van der Waals surface area contributed by atoms with E-state index in [-0.39, 0.29) is 23.5 Å². The summed E-state index contributed by atoms with van der Waals surface area (Å²) in [6.07, 6.45) is 1.81. The zero-order valence-electron chi connectivity index (χ0n) is 15.8. The predicted octanol–water partition coefficient (Wildman–Crippen LogP) is 3.24. The van der Waals surface area contributed by atoms with E-state index in [0.717, 1.165) is 36.7 Å². The quantitative estimate of drug-likeness (QED) is 0.665. The number of carbonyl (C=O) groups excluding carboxylic acids is 2. The highest BCUT2D eigenvalue weighted by Crippen LogP contribution is 2.31. The summed E-state index contributed by atoms with van der Waals surface area (Å²) in [5.74, 6) is -0.164. The highest BCUT2D eigenvalue weighted by atomic mass is 32.1. The van der Waals surface area contributed by atoms with Crippen LogP contribution in [0.5, 0.6) is 0 Å². The van der Waals surface area contributed by atoms with Crippen LogP contribution in [0, 0.1) is 0 Å². The van der Waals surface area contributed by atoms with Crippen molar-refractivity contribution < 1.29 is 14.0 Å². The summed E-state index contributed by atoms with van der Waals surface area (Å²) in [5.41, 5.74) is 1.05. The number of hydrogen-bond donors (Lipinski definition) is 1. The number of thiazole rings is 1. The topological polar surface area (TPSA) is 78.7 Å². The maximum atomic E-state index is 12.9. The molecule has 146 valence electrons. The Morgan fingerprint density at radius 2 is 1.96 bits per heavy atom. The number of para-hydroxylation sites is 1. The molecular formula is C20H22N4O3S. The monoisotopic (exact) mass is 398 g/mol. The van der Waals surface area contributed by atoms with Crippen LogP contribution in [0.2, 0.25) is 0 Å². The van der Waals surface area contributed by atoms with Crippen molar-refractivity contribution in [2.45, 2.75) is 19.9 Å². The van der Waals surface area contributed by atoms with Crippen molar-refractivity contribution in [2.24, 2.45) is 0 Å². The van der Waals surface area contributed by atoms with Gasteiger partial charge in [-0.15, -0.1) is 11.3 Å². The lowest BCUT2D eigenvalue weighted by Gasteiger charge is -2.37. The first-order chi connectivity index (χ1) is 13.5. The van der Waals surface area contributed by atoms with Crippen molar-refractivity contribution in [1.82, 2.24) is 9.88 Å². The van der Waals surface area contributed by atoms with Gasteiger partial charge in [0.15, 0.2) is 16.7 Å². The highest BCUT2D eigenvalue weighted by molar-refractivity contribution is 7.13. The van der Waals surface area contributed by atoms with Crippen LogP contribution in [0.3, 0.4) is 0 Å². The molecule has 1 aliphatic rings. The first kappa shape index (κ1) is 18.6. The summed E-state index contributed by atoms with van der Waals surface area (Å²) in [6, 6.07) is 7.02. The number of Topliss-reactive ketones (excluding diaryl/α,β-unsaturated/α-hetero) is 1. The third-order valence-corrected chi connectivity index (χ3v) is 5.93. The van der Waals surface area contributed by atoms with Gasteiger partial charge in [-0.3, -0.25) is 14.5 Å². The van der Waals surface area contributed by atoms with Gasteiger partial charge in [-0.1, -0.05) is 12.1 Å². The van der Waals surface area contributed by atoms with E-state index in [0.29, 0.717) is 11.3 Å². The molecule has 7 nitrogen and oxygen atoms in total. The summed E-state index contributed by atoms with van der Waals surface area (Å²) in [4.78, 5) is 33.6. The Morgan fingerprint density at radius 1 is 1.21 bits per heavy atom. The van der Waals surface area contributed by atoms with Gasteiger partial charge >= 0.3 is 0 Å². The van der Waals surface area contributed by atoms with Crippen LogP contribution in [0.15, 0.2) is 40.3 Å². The SMILES string of the molecule is CC(=O)c1oc2ccccc2c1NC(=O)C(C)N1CCN(c2nccs2)CC1. The zero-order valence-corrected chi connectivity index (χ0v) is 16.7. The van der Waals surface area contributed by atoms with Crippen LogP contribution in [0.4, 0.5) is 10.8 Å². The second-order valence-corrected chi connectivity index (χ2v) is 7.73. The van der Waals surface area contributed by atoms with E-state index in [1.165, 1.54) is 6.92 Å². The van der Waals surface area contributed by atoms with E-state index >= 15 is 0 Å². The predicted molar refractivity (Wildman–Crippen MR) is 110 cm³/mol. The Kier molecular flexibility index (Phi) is 5.15. The van der Waals surface area contributed by atoms with E-state index in [4.69, 9.17) is 4.42 Å². The number of hydrogen-bond acceptors (Lipinski definition) is 7. The molecular weight excluding hydrogens is 376 g/mol. The molecule has 8 heteroatoms. The lowest BCUT2D eigenvalue weighted by molar-refractivity contribution is -0.120. The van der Waals surface area contributed by atoms with Crippen molar-refractivity contribution in [3.63, 3.8) is 0 Å². The number of furan rings is 1. The summed E-state index contributed by atoms with van der Waals surface area (Å²) >= 11 is 1.63. The maximum Gasteiger partial charge on any atom is 0.241 e. The number of fused-ring (bicyclic) bond motifs is 1. The Morgan fingerprint density at radius 3 is 2.64 bits per heavy atom. The molecule has 1 unspecified atom stereocenters. The number of piperazine rings is 1. The molecule has 3 heterocycles. The number of rotatable bonds is 5. The first-order valence-electron chi connectivity index (χ1n) is 9.26. The van der Waals surface area contributed by atoms with Crippen LogP contribution < -0.4 is 10.2 Å². The largest absolute Gasteiger partial charge is 0.451 e. The fourth-order valence-corrected chi connectivity index (χ4v) is 4.18. The van der Waals surface area contributed by atoms with Crippen LogP contribution in [-0.4, -0.2) is 53.8 Å². The molecule has 1 fully saturated rings. The Labute approximate surface area is 166 Å². The van der Waals surface area contributed by atoms with Gasteiger partial charge in [0, 0.05) is 50.1 Å². The molecule has 0 bridgehead atoms. The van der Waals surface area contributed by atoms with Gasteiger partial charge in [0.2, 0.25) is 5.91 Å². The van der Waals surface area contributed by atoms with Gasteiger partial charge in [-0.25, -0.2) is 4.98 Å². The van der Waals surface area contributed by atoms with Gasteiger partial charge < -0.3 is 14.6 Å². The number of anilines is 2. The number of aromatic nitrogens is 1. The minimum absolute atomic E-state index is 0.142. The van der Waals surface area contributed by atoms with Crippen LogP contribution in [-0.2, 0) is 4.79 Å². The molecule has 0 radical (unpaired) electrons. The third-order valence-electron chi connectivity index (χ3n) is 5.09. The summed E-state index contributed by atoms with van der Waals surface area (Å²) in [5, 5.41) is 6.66. The minimum Gasteiger partial charge on any atom is -0.451 e. The van der Waals surface area contributed by atoms with Crippen LogP contribution in [0.1, 0.15) is 24.4 Å². The average Bonchev–Trinajstić information content (AvgIpc) is 3.36. The summed E-state index contributed by atoms with van der Waals surface area (Å²) < 4.78 is 5.65. The maximum absolute atomic E-state index is 12.9. The number of amides is 1. The molecule has 0 aliphatic carbocycles. The third kappa shape index (κ3) is 3.53. The molecule has 28 heavy (non-hydrogen) atoms. The van der Waals surface area contributed by atoms with Crippen molar-refractivity contribution in [3.05, 3.63) is 41.6 Å². The van der Waals surface area contributed by atoms with E-state index < -0.39 is 0 Å². The second-order valence-electron chi connectivity index (χ2n) is 6.86. The number of ketones is 1. The van der Waals surface area contributed by atoms with Crippen molar-refractivity contribution in [2.75, 3.05) is 36.4 Å². The normalized spacial score (nSPS) is 16.3. The molecule has 4 rings (SSSR count). The molecule has 1 aromatic carbocycles. The van der Waals surface area contributed by atoms with Gasteiger partial charge in [0.05, 0.1) is 11.7 Å². The summed E-state index contributed by atoms with van der Waals surface area (Å²) in [6.45, 7) is 6.55. The van der Waals surface area contributed by atoms with Gasteiger partial charge in [0.1, 0.15) is 5.58 Å².